The lowest BCUT2D eigenvalue weighted by Gasteiger charge is -2.06. The minimum Gasteiger partial charge on any atom is -0.288 e. The van der Waals surface area contributed by atoms with Crippen molar-refractivity contribution >= 4 is 11.4 Å². The minimum atomic E-state index is -0.0000350. The van der Waals surface area contributed by atoms with Crippen LogP contribution >= 0.6 is 0 Å². The standard InChI is InChI=1S/C23H18O/c1-18(23(24)21-15-9-4-10-16-21)17-22(19-11-5-2-6-12-19)20-13-7-3-8-14-20/h2-16H,1H3. The summed E-state index contributed by atoms with van der Waals surface area (Å²) < 4.78 is 0. The Morgan fingerprint density at radius 2 is 1.00 bits per heavy atom. The maximum atomic E-state index is 12.6. The lowest BCUT2D eigenvalue weighted by molar-refractivity contribution is 0.103. The maximum absolute atomic E-state index is 12.6. The number of carbonyl (C=O) groups is 1. The van der Waals surface area contributed by atoms with Crippen molar-refractivity contribution in [2.45, 2.75) is 6.92 Å². The summed E-state index contributed by atoms with van der Waals surface area (Å²) in [5.41, 5.74) is 7.64. The van der Waals surface area contributed by atoms with Crippen molar-refractivity contribution in [3.05, 3.63) is 119 Å². The van der Waals surface area contributed by atoms with Gasteiger partial charge in [-0.25, -0.2) is 0 Å². The van der Waals surface area contributed by atoms with Crippen molar-refractivity contribution in [1.29, 1.82) is 0 Å². The van der Waals surface area contributed by atoms with Crippen LogP contribution < -0.4 is 0 Å². The first-order chi connectivity index (χ1) is 11.8. The van der Waals surface area contributed by atoms with Crippen LogP contribution in [0.4, 0.5) is 0 Å². The molecule has 0 aliphatic rings. The average Bonchev–Trinajstić information content (AvgIpc) is 2.67. The zero-order valence-electron chi connectivity index (χ0n) is 13.6. The van der Waals surface area contributed by atoms with Gasteiger partial charge in [-0.1, -0.05) is 91.0 Å². The molecule has 24 heavy (non-hydrogen) atoms. The molecule has 0 fully saturated rings. The number of carbonyl (C=O) groups excluding carboxylic acids is 1. The highest BCUT2D eigenvalue weighted by Crippen LogP contribution is 2.23. The lowest BCUT2D eigenvalue weighted by atomic mass is 9.96. The second kappa shape index (κ2) is 7.41. The summed E-state index contributed by atoms with van der Waals surface area (Å²) in [4.78, 5) is 12.6. The highest BCUT2D eigenvalue weighted by atomic mass is 16.1. The van der Waals surface area contributed by atoms with Crippen LogP contribution in [0, 0.1) is 0 Å². The van der Waals surface area contributed by atoms with Gasteiger partial charge in [0.1, 0.15) is 0 Å². The van der Waals surface area contributed by atoms with Gasteiger partial charge in [0.15, 0.2) is 5.78 Å². The molecule has 0 aromatic heterocycles. The second-order valence-electron chi connectivity index (χ2n) is 5.55. The summed E-state index contributed by atoms with van der Waals surface area (Å²) in [6, 6.07) is 29.4. The normalized spacial score (nSPS) is 9.88. The molecule has 0 spiro atoms. The van der Waals surface area contributed by atoms with E-state index in [9.17, 15) is 4.79 Å². The summed E-state index contributed by atoms with van der Waals surface area (Å²) in [7, 11) is 0. The Bertz CT molecular complexity index is 843. The Kier molecular flexibility index (Phi) is 4.86. The van der Waals surface area contributed by atoms with Crippen LogP contribution in [0.3, 0.4) is 0 Å². The van der Waals surface area contributed by atoms with E-state index in [4.69, 9.17) is 0 Å². The van der Waals surface area contributed by atoms with Crippen LogP contribution in [-0.2, 0) is 0 Å². The van der Waals surface area contributed by atoms with Gasteiger partial charge in [0.05, 0.1) is 0 Å². The van der Waals surface area contributed by atoms with Gasteiger partial charge in [-0.3, -0.25) is 4.79 Å². The summed E-state index contributed by atoms with van der Waals surface area (Å²) in [6.07, 6.45) is 0. The van der Waals surface area contributed by atoms with Crippen molar-refractivity contribution in [3.63, 3.8) is 0 Å². The number of rotatable bonds is 4. The van der Waals surface area contributed by atoms with Crippen molar-refractivity contribution in [3.8, 4) is 0 Å². The molecule has 0 heterocycles. The molecule has 0 aliphatic carbocycles. The molecule has 0 N–H and O–H groups in total. The van der Waals surface area contributed by atoms with E-state index in [1.54, 1.807) is 0 Å². The number of ketones is 1. The highest BCUT2D eigenvalue weighted by molar-refractivity contribution is 6.08. The Balaban J connectivity index is 2.14. The first kappa shape index (κ1) is 15.7. The van der Waals surface area contributed by atoms with Gasteiger partial charge in [0.25, 0.3) is 0 Å². The molecule has 0 atom stereocenters. The Morgan fingerprint density at radius 1 is 0.625 bits per heavy atom. The number of Topliss-reactive ketones (excluding diaryl/α,β-unsaturated/α-hetero) is 1. The molecule has 0 amide bonds. The molecule has 0 radical (unpaired) electrons. The first-order valence-corrected chi connectivity index (χ1v) is 7.94. The van der Waals surface area contributed by atoms with Crippen LogP contribution in [-0.4, -0.2) is 5.78 Å². The Labute approximate surface area is 142 Å². The fraction of sp³-hybridized carbons (Fsp3) is 0.0435. The third-order valence-corrected chi connectivity index (χ3v) is 3.81. The fourth-order valence-electron chi connectivity index (χ4n) is 2.57. The Hall–Kier alpha value is -3.15. The molecule has 3 aromatic rings. The third kappa shape index (κ3) is 3.60. The molecule has 0 unspecified atom stereocenters. The predicted molar refractivity (Wildman–Crippen MR) is 98.9 cm³/mol. The van der Waals surface area contributed by atoms with Gasteiger partial charge < -0.3 is 0 Å². The maximum Gasteiger partial charge on any atom is 0.196 e. The van der Waals surface area contributed by atoms with E-state index in [0.29, 0.717) is 11.1 Å². The molecule has 0 saturated heterocycles. The Morgan fingerprint density at radius 3 is 1.42 bits per heavy atom. The SMILES string of the molecule is CC(=C=C(c1ccccc1)c1ccccc1)C(=O)c1ccccc1. The molecular weight excluding hydrogens is 292 g/mol. The molecule has 1 nitrogen and oxygen atoms in total. The number of hydrogen-bond donors (Lipinski definition) is 0. The van der Waals surface area contributed by atoms with E-state index in [1.807, 2.05) is 97.9 Å². The largest absolute Gasteiger partial charge is 0.288 e. The van der Waals surface area contributed by atoms with Gasteiger partial charge in [0, 0.05) is 16.7 Å². The molecule has 3 aromatic carbocycles. The lowest BCUT2D eigenvalue weighted by Crippen LogP contribution is -1.99. The molecule has 116 valence electrons. The quantitative estimate of drug-likeness (QED) is 0.351. The zero-order valence-corrected chi connectivity index (χ0v) is 13.6. The van der Waals surface area contributed by atoms with Crippen LogP contribution in [0.1, 0.15) is 28.4 Å². The monoisotopic (exact) mass is 310 g/mol. The third-order valence-electron chi connectivity index (χ3n) is 3.81. The van der Waals surface area contributed by atoms with Gasteiger partial charge in [-0.2, -0.15) is 0 Å². The number of allylic oxidation sites excluding steroid dienone is 1. The van der Waals surface area contributed by atoms with Crippen molar-refractivity contribution in [2.75, 3.05) is 0 Å². The van der Waals surface area contributed by atoms with Crippen LogP contribution in [0.25, 0.3) is 5.57 Å². The smallest absolute Gasteiger partial charge is 0.196 e. The first-order valence-electron chi connectivity index (χ1n) is 7.94. The molecule has 1 heteroatoms. The fourth-order valence-corrected chi connectivity index (χ4v) is 2.57. The molecular formula is C23H18O. The van der Waals surface area contributed by atoms with Crippen LogP contribution in [0.15, 0.2) is 102 Å². The highest BCUT2D eigenvalue weighted by Gasteiger charge is 2.09. The molecule has 0 aliphatic heterocycles. The number of hydrogen-bond acceptors (Lipinski definition) is 1. The molecule has 3 rings (SSSR count). The van der Waals surface area contributed by atoms with E-state index in [-0.39, 0.29) is 5.78 Å². The van der Waals surface area contributed by atoms with Crippen molar-refractivity contribution < 1.29 is 4.79 Å². The summed E-state index contributed by atoms with van der Waals surface area (Å²) in [5.74, 6) is -0.0000350. The van der Waals surface area contributed by atoms with E-state index in [2.05, 4.69) is 5.73 Å². The van der Waals surface area contributed by atoms with E-state index >= 15 is 0 Å². The average molecular weight is 310 g/mol. The summed E-state index contributed by atoms with van der Waals surface area (Å²) >= 11 is 0. The molecule has 0 bridgehead atoms. The predicted octanol–water partition coefficient (Wildman–Crippen LogP) is 5.55. The van der Waals surface area contributed by atoms with Crippen molar-refractivity contribution in [1.82, 2.24) is 0 Å². The zero-order chi connectivity index (χ0) is 16.8. The summed E-state index contributed by atoms with van der Waals surface area (Å²) in [5, 5.41) is 0. The molecule has 0 saturated carbocycles. The summed E-state index contributed by atoms with van der Waals surface area (Å²) in [6.45, 7) is 1.82. The van der Waals surface area contributed by atoms with Crippen molar-refractivity contribution in [2.24, 2.45) is 0 Å². The van der Waals surface area contributed by atoms with E-state index in [0.717, 1.165) is 16.7 Å². The van der Waals surface area contributed by atoms with Gasteiger partial charge >= 0.3 is 0 Å². The second-order valence-corrected chi connectivity index (χ2v) is 5.55. The number of benzene rings is 3. The van der Waals surface area contributed by atoms with Crippen LogP contribution in [0.5, 0.6) is 0 Å². The van der Waals surface area contributed by atoms with Gasteiger partial charge in [-0.05, 0) is 18.1 Å². The van der Waals surface area contributed by atoms with Crippen LogP contribution in [0.2, 0.25) is 0 Å². The van der Waals surface area contributed by atoms with E-state index in [1.165, 1.54) is 0 Å². The van der Waals surface area contributed by atoms with E-state index < -0.39 is 0 Å². The van der Waals surface area contributed by atoms with Gasteiger partial charge in [-0.15, -0.1) is 5.73 Å². The topological polar surface area (TPSA) is 17.1 Å². The van der Waals surface area contributed by atoms with Gasteiger partial charge in [0.2, 0.25) is 0 Å². The minimum absolute atomic E-state index is 0.0000350.